The Bertz CT molecular complexity index is 1510. The number of aromatic hydroxyl groups is 1. The fraction of sp³-hybridized carbons (Fsp3) is 0.125. The van der Waals surface area contributed by atoms with Crippen LogP contribution in [0.25, 0.3) is 5.70 Å². The zero-order valence-corrected chi connectivity index (χ0v) is 17.7. The average molecular weight is 485 g/mol. The van der Waals surface area contributed by atoms with Crippen molar-refractivity contribution in [2.75, 3.05) is 11.4 Å². The Morgan fingerprint density at radius 2 is 1.77 bits per heavy atom. The molecule has 0 spiro atoms. The highest BCUT2D eigenvalue weighted by Gasteiger charge is 2.37. The maximum absolute atomic E-state index is 14.6. The first-order valence-electron chi connectivity index (χ1n) is 10.4. The van der Waals surface area contributed by atoms with Gasteiger partial charge in [-0.05, 0) is 18.1 Å². The minimum atomic E-state index is -1.23. The van der Waals surface area contributed by atoms with E-state index in [-0.39, 0.29) is 18.7 Å². The molecule has 0 unspecified atom stereocenters. The van der Waals surface area contributed by atoms with Crippen molar-refractivity contribution in [2.24, 2.45) is 0 Å². The summed E-state index contributed by atoms with van der Waals surface area (Å²) in [6.07, 6.45) is 2.95. The number of amides is 2. The van der Waals surface area contributed by atoms with Gasteiger partial charge in [-0.1, -0.05) is 18.2 Å². The number of nitrogens with one attached hydrogen (secondary N) is 1. The molecule has 0 saturated carbocycles. The van der Waals surface area contributed by atoms with Crippen molar-refractivity contribution in [3.8, 4) is 5.75 Å². The minimum absolute atomic E-state index is 0.0343. The fourth-order valence-electron chi connectivity index (χ4n) is 4.24. The zero-order valence-electron chi connectivity index (χ0n) is 17.7. The van der Waals surface area contributed by atoms with Gasteiger partial charge in [-0.25, -0.2) is 17.6 Å². The minimum Gasteiger partial charge on any atom is -0.503 e. The van der Waals surface area contributed by atoms with Crippen LogP contribution in [0.15, 0.2) is 47.4 Å². The van der Waals surface area contributed by atoms with Gasteiger partial charge >= 0.3 is 0 Å². The molecule has 0 saturated heterocycles. The van der Waals surface area contributed by atoms with Crippen molar-refractivity contribution in [2.45, 2.75) is 13.0 Å². The molecule has 2 aliphatic heterocycles. The second-order valence-electron chi connectivity index (χ2n) is 8.01. The standard InChI is InChI=1S/C24H15F4N3O4/c25-12-6-17(27)14(18(28)7-12)8-29-23(34)15-10-30-13-5-4-11-2-1-3-16(26)19(11)31(9-13)24(35)20(30)22(33)21(15)32/h1-3,5-7,10,33H,4,8-9H2,(H,29,34). The number of nitrogens with zero attached hydrogens (tertiary/aromatic N) is 2. The van der Waals surface area contributed by atoms with Crippen LogP contribution in [0, 0.1) is 23.3 Å². The second kappa shape index (κ2) is 8.12. The number of rotatable bonds is 3. The quantitative estimate of drug-likeness (QED) is 0.558. The first-order chi connectivity index (χ1) is 16.7. The van der Waals surface area contributed by atoms with E-state index < -0.39 is 69.6 Å². The largest absolute Gasteiger partial charge is 0.503 e. The third kappa shape index (κ3) is 3.56. The van der Waals surface area contributed by atoms with Crippen LogP contribution in [-0.2, 0) is 13.0 Å². The number of anilines is 1. The summed E-state index contributed by atoms with van der Waals surface area (Å²) in [5.41, 5.74) is -1.91. The lowest BCUT2D eigenvalue weighted by Crippen LogP contribution is -2.42. The molecule has 1 aromatic heterocycles. The highest BCUT2D eigenvalue weighted by molar-refractivity contribution is 6.11. The van der Waals surface area contributed by atoms with Crippen molar-refractivity contribution in [3.63, 3.8) is 0 Å². The van der Waals surface area contributed by atoms with Crippen LogP contribution in [0.2, 0.25) is 0 Å². The number of carbonyl (C=O) groups is 2. The van der Waals surface area contributed by atoms with E-state index >= 15 is 0 Å². The highest BCUT2D eigenvalue weighted by Crippen LogP contribution is 2.36. The van der Waals surface area contributed by atoms with Crippen molar-refractivity contribution in [1.29, 1.82) is 0 Å². The number of carbonyl (C=O) groups excluding carboxylic acids is 2. The average Bonchev–Trinajstić information content (AvgIpc) is 2.97. The third-order valence-electron chi connectivity index (χ3n) is 5.93. The number of hydrogen-bond donors (Lipinski definition) is 2. The molecule has 5 rings (SSSR count). The van der Waals surface area contributed by atoms with Crippen molar-refractivity contribution < 1.29 is 32.3 Å². The molecular formula is C24H15F4N3O4. The van der Waals surface area contributed by atoms with Gasteiger partial charge in [0.05, 0.1) is 12.2 Å². The predicted molar refractivity (Wildman–Crippen MR) is 116 cm³/mol. The molecule has 35 heavy (non-hydrogen) atoms. The number of benzene rings is 2. The molecule has 2 aliphatic rings. The lowest BCUT2D eigenvalue weighted by Gasteiger charge is -2.32. The molecule has 0 fully saturated rings. The number of fused-ring (bicyclic) bond motifs is 6. The summed E-state index contributed by atoms with van der Waals surface area (Å²) in [6.45, 7) is -0.794. The molecule has 3 aromatic rings. The van der Waals surface area contributed by atoms with Crippen LogP contribution in [0.1, 0.15) is 32.0 Å². The summed E-state index contributed by atoms with van der Waals surface area (Å²) in [7, 11) is 0. The number of para-hydroxylation sites is 1. The number of hydrogen-bond acceptors (Lipinski definition) is 4. The summed E-state index contributed by atoms with van der Waals surface area (Å²) in [6, 6.07) is 5.22. The maximum atomic E-state index is 14.6. The molecule has 0 radical (unpaired) electrons. The summed E-state index contributed by atoms with van der Waals surface area (Å²) in [4.78, 5) is 39.7. The summed E-state index contributed by atoms with van der Waals surface area (Å²) < 4.78 is 56.6. The number of halogens is 4. The molecule has 2 N–H and O–H groups in total. The first-order valence-corrected chi connectivity index (χ1v) is 10.4. The Morgan fingerprint density at radius 3 is 2.49 bits per heavy atom. The Kier molecular flexibility index (Phi) is 5.19. The van der Waals surface area contributed by atoms with Gasteiger partial charge in [0, 0.05) is 36.1 Å². The van der Waals surface area contributed by atoms with Gasteiger partial charge in [0.25, 0.3) is 11.8 Å². The normalized spacial score (nSPS) is 14.1. The van der Waals surface area contributed by atoms with E-state index in [1.807, 2.05) is 0 Å². The molecule has 2 aromatic carbocycles. The van der Waals surface area contributed by atoms with E-state index in [0.29, 0.717) is 23.4 Å². The Labute approximate surface area is 194 Å². The van der Waals surface area contributed by atoms with Crippen LogP contribution in [0.5, 0.6) is 5.75 Å². The number of pyridine rings is 1. The molecule has 2 amide bonds. The summed E-state index contributed by atoms with van der Waals surface area (Å²) >= 11 is 0. The van der Waals surface area contributed by atoms with Crippen molar-refractivity contribution in [3.05, 3.63) is 98.5 Å². The van der Waals surface area contributed by atoms with Gasteiger partial charge in [0.1, 0.15) is 28.8 Å². The van der Waals surface area contributed by atoms with Crippen molar-refractivity contribution >= 4 is 23.2 Å². The van der Waals surface area contributed by atoms with Gasteiger partial charge in [0.2, 0.25) is 5.43 Å². The lowest BCUT2D eigenvalue weighted by atomic mass is 10.1. The van der Waals surface area contributed by atoms with Gasteiger partial charge in [-0.2, -0.15) is 0 Å². The third-order valence-corrected chi connectivity index (χ3v) is 5.93. The molecule has 3 heterocycles. The predicted octanol–water partition coefficient (Wildman–Crippen LogP) is 3.10. The van der Waals surface area contributed by atoms with Crippen LogP contribution >= 0.6 is 0 Å². The lowest BCUT2D eigenvalue weighted by molar-refractivity contribution is 0.0940. The van der Waals surface area contributed by atoms with E-state index in [4.69, 9.17) is 0 Å². The zero-order chi connectivity index (χ0) is 25.0. The highest BCUT2D eigenvalue weighted by atomic mass is 19.1. The molecule has 0 atom stereocenters. The molecular weight excluding hydrogens is 470 g/mol. The summed E-state index contributed by atoms with van der Waals surface area (Å²) in [5, 5.41) is 12.7. The Morgan fingerprint density at radius 1 is 1.06 bits per heavy atom. The summed E-state index contributed by atoms with van der Waals surface area (Å²) in [5.74, 6) is -7.18. The Hall–Kier alpha value is -4.41. The van der Waals surface area contributed by atoms with Gasteiger partial charge in [0.15, 0.2) is 11.4 Å². The van der Waals surface area contributed by atoms with Crippen LogP contribution < -0.4 is 15.6 Å². The van der Waals surface area contributed by atoms with E-state index in [9.17, 15) is 37.1 Å². The van der Waals surface area contributed by atoms with Crippen LogP contribution in [0.4, 0.5) is 23.2 Å². The van der Waals surface area contributed by atoms with Crippen molar-refractivity contribution in [1.82, 2.24) is 9.88 Å². The SMILES string of the molecule is O=C(NCc1c(F)cc(F)cc1F)c1cn2c(c(O)c1=O)C(=O)N1CC2=CCc2cccc(F)c21. The molecule has 7 nitrogen and oxygen atoms in total. The van der Waals surface area contributed by atoms with E-state index in [2.05, 4.69) is 5.32 Å². The first kappa shape index (κ1) is 22.4. The fourth-order valence-corrected chi connectivity index (χ4v) is 4.24. The molecule has 11 heteroatoms. The Balaban J connectivity index is 1.54. The van der Waals surface area contributed by atoms with E-state index in [0.717, 1.165) is 11.1 Å². The smallest absolute Gasteiger partial charge is 0.279 e. The topological polar surface area (TPSA) is 91.6 Å². The van der Waals surface area contributed by atoms with Gasteiger partial charge in [-0.15, -0.1) is 0 Å². The molecule has 178 valence electrons. The molecule has 2 bridgehead atoms. The van der Waals surface area contributed by atoms with Crippen LogP contribution in [0.3, 0.4) is 0 Å². The van der Waals surface area contributed by atoms with Gasteiger partial charge in [-0.3, -0.25) is 19.3 Å². The van der Waals surface area contributed by atoms with E-state index in [1.165, 1.54) is 16.7 Å². The second-order valence-corrected chi connectivity index (χ2v) is 8.01. The monoisotopic (exact) mass is 485 g/mol. The van der Waals surface area contributed by atoms with E-state index in [1.54, 1.807) is 12.1 Å². The van der Waals surface area contributed by atoms with Crippen LogP contribution in [-0.4, -0.2) is 28.0 Å². The van der Waals surface area contributed by atoms with Gasteiger partial charge < -0.3 is 15.0 Å². The number of allylic oxidation sites excluding steroid dienone is 1. The maximum Gasteiger partial charge on any atom is 0.279 e. The molecule has 0 aliphatic carbocycles. The number of aromatic nitrogens is 1.